The van der Waals surface area contributed by atoms with Gasteiger partial charge in [0.15, 0.2) is 5.75 Å². The molecule has 0 spiro atoms. The van der Waals surface area contributed by atoms with Gasteiger partial charge in [-0.05, 0) is 24.6 Å². The molecule has 1 unspecified atom stereocenters. The molecule has 3 rings (SSSR count). The minimum absolute atomic E-state index is 0.00589. The molecule has 0 amide bonds. The Balaban J connectivity index is 1.79. The third kappa shape index (κ3) is 4.46. The van der Waals surface area contributed by atoms with Gasteiger partial charge in [0.05, 0.1) is 13.2 Å². The van der Waals surface area contributed by atoms with Crippen LogP contribution in [-0.4, -0.2) is 43.5 Å². The van der Waals surface area contributed by atoms with Crippen LogP contribution in [0.5, 0.6) is 11.6 Å². The number of hydrogen-bond donors (Lipinski definition) is 1. The summed E-state index contributed by atoms with van der Waals surface area (Å²) in [6.45, 7) is 4.85. The Morgan fingerprint density at radius 3 is 2.88 bits per heavy atom. The number of nitrogens with one attached hydrogen (secondary N) is 1. The SMILES string of the molecule is CCOc1ncccc1O[C@@H](Cc1ccccc1)C1CNCCO1. The van der Waals surface area contributed by atoms with Gasteiger partial charge >= 0.3 is 0 Å². The van der Waals surface area contributed by atoms with E-state index in [1.807, 2.05) is 37.3 Å². The second-order valence-electron chi connectivity index (χ2n) is 5.70. The van der Waals surface area contributed by atoms with Gasteiger partial charge in [0.1, 0.15) is 12.2 Å². The highest BCUT2D eigenvalue weighted by atomic mass is 16.6. The van der Waals surface area contributed by atoms with Gasteiger partial charge in [0, 0.05) is 25.7 Å². The number of benzene rings is 1. The molecule has 0 saturated carbocycles. The Labute approximate surface area is 143 Å². The number of ether oxygens (including phenoxy) is 3. The van der Waals surface area contributed by atoms with Gasteiger partial charge in [0.2, 0.25) is 0 Å². The van der Waals surface area contributed by atoms with Crippen molar-refractivity contribution < 1.29 is 14.2 Å². The van der Waals surface area contributed by atoms with E-state index in [4.69, 9.17) is 14.2 Å². The summed E-state index contributed by atoms with van der Waals surface area (Å²) in [5, 5.41) is 3.37. The highest BCUT2D eigenvalue weighted by molar-refractivity contribution is 5.33. The van der Waals surface area contributed by atoms with Gasteiger partial charge in [-0.3, -0.25) is 0 Å². The van der Waals surface area contributed by atoms with Crippen molar-refractivity contribution >= 4 is 0 Å². The first-order valence-electron chi connectivity index (χ1n) is 8.47. The van der Waals surface area contributed by atoms with Crippen LogP contribution in [0.2, 0.25) is 0 Å². The van der Waals surface area contributed by atoms with Gasteiger partial charge in [0.25, 0.3) is 5.88 Å². The average Bonchev–Trinajstić information content (AvgIpc) is 2.64. The molecule has 5 heteroatoms. The third-order valence-electron chi connectivity index (χ3n) is 3.95. The molecule has 2 aromatic rings. The molecule has 0 radical (unpaired) electrons. The molecule has 128 valence electrons. The van der Waals surface area contributed by atoms with Crippen LogP contribution in [-0.2, 0) is 11.2 Å². The maximum atomic E-state index is 6.29. The number of hydrogen-bond acceptors (Lipinski definition) is 5. The molecule has 24 heavy (non-hydrogen) atoms. The number of nitrogens with zero attached hydrogens (tertiary/aromatic N) is 1. The van der Waals surface area contributed by atoms with Crippen LogP contribution in [0.1, 0.15) is 12.5 Å². The monoisotopic (exact) mass is 328 g/mol. The van der Waals surface area contributed by atoms with Crippen LogP contribution < -0.4 is 14.8 Å². The van der Waals surface area contributed by atoms with E-state index in [1.165, 1.54) is 5.56 Å². The quantitative estimate of drug-likeness (QED) is 0.846. The molecule has 2 atom stereocenters. The molecule has 1 saturated heterocycles. The van der Waals surface area contributed by atoms with E-state index in [1.54, 1.807) is 6.20 Å². The van der Waals surface area contributed by atoms with Gasteiger partial charge in [-0.25, -0.2) is 4.98 Å². The Kier molecular flexibility index (Phi) is 6.04. The van der Waals surface area contributed by atoms with Crippen LogP contribution in [0.3, 0.4) is 0 Å². The lowest BCUT2D eigenvalue weighted by atomic mass is 10.0. The molecule has 1 aromatic heterocycles. The van der Waals surface area contributed by atoms with Crippen LogP contribution in [0.4, 0.5) is 0 Å². The zero-order chi connectivity index (χ0) is 16.6. The van der Waals surface area contributed by atoms with Gasteiger partial charge in [-0.2, -0.15) is 0 Å². The summed E-state index contributed by atoms with van der Waals surface area (Å²) in [5.41, 5.74) is 1.22. The molecule has 1 N–H and O–H groups in total. The summed E-state index contributed by atoms with van der Waals surface area (Å²) in [6, 6.07) is 14.1. The fourth-order valence-electron chi connectivity index (χ4n) is 2.79. The summed E-state index contributed by atoms with van der Waals surface area (Å²) in [4.78, 5) is 4.27. The molecule has 1 aromatic carbocycles. The summed E-state index contributed by atoms with van der Waals surface area (Å²) in [7, 11) is 0. The third-order valence-corrected chi connectivity index (χ3v) is 3.95. The van der Waals surface area contributed by atoms with Crippen molar-refractivity contribution in [1.29, 1.82) is 0 Å². The first kappa shape index (κ1) is 16.7. The fraction of sp³-hybridized carbons (Fsp3) is 0.421. The fourth-order valence-corrected chi connectivity index (χ4v) is 2.79. The van der Waals surface area contributed by atoms with E-state index in [-0.39, 0.29) is 12.2 Å². The lowest BCUT2D eigenvalue weighted by Crippen LogP contribution is -2.48. The van der Waals surface area contributed by atoms with Crippen molar-refractivity contribution in [2.45, 2.75) is 25.6 Å². The Morgan fingerprint density at radius 1 is 1.25 bits per heavy atom. The smallest absolute Gasteiger partial charge is 0.256 e. The molecular weight excluding hydrogens is 304 g/mol. The van der Waals surface area contributed by atoms with Crippen molar-refractivity contribution in [2.75, 3.05) is 26.3 Å². The topological polar surface area (TPSA) is 52.6 Å². The van der Waals surface area contributed by atoms with Crippen LogP contribution in [0.25, 0.3) is 0 Å². The van der Waals surface area contributed by atoms with Crippen LogP contribution in [0, 0.1) is 0 Å². The van der Waals surface area contributed by atoms with Crippen molar-refractivity contribution in [3.63, 3.8) is 0 Å². The minimum atomic E-state index is -0.108. The Bertz CT molecular complexity index is 615. The molecule has 1 aliphatic heterocycles. The molecule has 1 aliphatic rings. The summed E-state index contributed by atoms with van der Waals surface area (Å²) < 4.78 is 17.8. The normalized spacial score (nSPS) is 18.8. The zero-order valence-corrected chi connectivity index (χ0v) is 14.0. The van der Waals surface area contributed by atoms with Gasteiger partial charge in [-0.1, -0.05) is 30.3 Å². The zero-order valence-electron chi connectivity index (χ0n) is 14.0. The average molecular weight is 328 g/mol. The summed E-state index contributed by atoms with van der Waals surface area (Å²) in [6.07, 6.45) is 2.37. The van der Waals surface area contributed by atoms with Crippen LogP contribution >= 0.6 is 0 Å². The van der Waals surface area contributed by atoms with E-state index >= 15 is 0 Å². The second-order valence-corrected chi connectivity index (χ2v) is 5.70. The van der Waals surface area contributed by atoms with E-state index in [0.29, 0.717) is 24.8 Å². The highest BCUT2D eigenvalue weighted by Crippen LogP contribution is 2.27. The summed E-state index contributed by atoms with van der Waals surface area (Å²) >= 11 is 0. The molecule has 2 heterocycles. The number of pyridine rings is 1. The van der Waals surface area contributed by atoms with Gasteiger partial charge in [-0.15, -0.1) is 0 Å². The standard InChI is InChI=1S/C19H24N2O3/c1-2-22-19-16(9-6-10-21-19)24-17(18-14-20-11-12-23-18)13-15-7-4-3-5-8-15/h3-10,17-18,20H,2,11-14H2,1H3/t17-,18?/m0/s1. The van der Waals surface area contributed by atoms with Crippen LogP contribution in [0.15, 0.2) is 48.7 Å². The predicted molar refractivity (Wildman–Crippen MR) is 92.6 cm³/mol. The van der Waals surface area contributed by atoms with Crippen molar-refractivity contribution in [1.82, 2.24) is 10.3 Å². The molecular formula is C19H24N2O3. The number of morpholine rings is 1. The summed E-state index contributed by atoms with van der Waals surface area (Å²) in [5.74, 6) is 1.19. The molecule has 5 nitrogen and oxygen atoms in total. The first-order valence-corrected chi connectivity index (χ1v) is 8.47. The van der Waals surface area contributed by atoms with E-state index in [9.17, 15) is 0 Å². The van der Waals surface area contributed by atoms with Crippen molar-refractivity contribution in [2.24, 2.45) is 0 Å². The maximum absolute atomic E-state index is 6.29. The number of rotatable bonds is 7. The molecule has 0 aliphatic carbocycles. The lowest BCUT2D eigenvalue weighted by molar-refractivity contribution is -0.0422. The van der Waals surface area contributed by atoms with E-state index in [0.717, 1.165) is 19.5 Å². The Morgan fingerprint density at radius 2 is 2.12 bits per heavy atom. The second kappa shape index (κ2) is 8.66. The lowest BCUT2D eigenvalue weighted by Gasteiger charge is -2.31. The highest BCUT2D eigenvalue weighted by Gasteiger charge is 2.27. The molecule has 1 fully saturated rings. The minimum Gasteiger partial charge on any atom is -0.482 e. The maximum Gasteiger partial charge on any atom is 0.256 e. The van der Waals surface area contributed by atoms with Gasteiger partial charge < -0.3 is 19.5 Å². The largest absolute Gasteiger partial charge is 0.482 e. The van der Waals surface area contributed by atoms with Crippen molar-refractivity contribution in [3.8, 4) is 11.6 Å². The molecule has 0 bridgehead atoms. The van der Waals surface area contributed by atoms with E-state index in [2.05, 4.69) is 22.4 Å². The van der Waals surface area contributed by atoms with Crippen molar-refractivity contribution in [3.05, 3.63) is 54.2 Å². The van der Waals surface area contributed by atoms with E-state index < -0.39 is 0 Å². The first-order chi connectivity index (χ1) is 11.9. The Hall–Kier alpha value is -2.11. The number of aromatic nitrogens is 1. The predicted octanol–water partition coefficient (Wildman–Crippen LogP) is 2.46.